The third-order valence-corrected chi connectivity index (χ3v) is 4.03. The van der Waals surface area contributed by atoms with E-state index in [4.69, 9.17) is 10.5 Å². The number of hydrogen-bond acceptors (Lipinski definition) is 7. The summed E-state index contributed by atoms with van der Waals surface area (Å²) in [5, 5.41) is 3.23. The zero-order chi connectivity index (χ0) is 16.9. The smallest absolute Gasteiger partial charge is 0.221 e. The third kappa shape index (κ3) is 3.60. The van der Waals surface area contributed by atoms with Gasteiger partial charge >= 0.3 is 0 Å². The lowest BCUT2D eigenvalue weighted by molar-refractivity contribution is 0.339. The second-order valence-electron chi connectivity index (χ2n) is 4.89. The summed E-state index contributed by atoms with van der Waals surface area (Å²) >= 11 is 1.54. The molecule has 0 radical (unpaired) electrons. The number of nitrogens with two attached hydrogens (primary N) is 1. The minimum Gasteiger partial charge on any atom is -0.493 e. The molecule has 1 aromatic carbocycles. The number of benzene rings is 1. The molecule has 0 fully saturated rings. The molecular weight excluding hydrogens is 329 g/mol. The molecule has 124 valence electrons. The Bertz CT molecular complexity index is 825. The Balaban J connectivity index is 1.98. The van der Waals surface area contributed by atoms with Crippen molar-refractivity contribution in [3.63, 3.8) is 0 Å². The van der Waals surface area contributed by atoms with Crippen LogP contribution in [0, 0.1) is 5.82 Å². The van der Waals surface area contributed by atoms with Gasteiger partial charge in [0, 0.05) is 34.5 Å². The maximum Gasteiger partial charge on any atom is 0.221 e. The van der Waals surface area contributed by atoms with Crippen LogP contribution in [-0.2, 0) is 6.54 Å². The summed E-state index contributed by atoms with van der Waals surface area (Å²) in [5.74, 6) is 0.790. The Labute approximate surface area is 142 Å². The summed E-state index contributed by atoms with van der Waals surface area (Å²) in [6.45, 7) is 2.83. The van der Waals surface area contributed by atoms with Gasteiger partial charge in [-0.15, -0.1) is 11.3 Å². The van der Waals surface area contributed by atoms with Crippen molar-refractivity contribution in [1.29, 1.82) is 0 Å². The van der Waals surface area contributed by atoms with Gasteiger partial charge in [0.2, 0.25) is 5.95 Å². The van der Waals surface area contributed by atoms with Crippen LogP contribution in [0.1, 0.15) is 11.8 Å². The first-order valence-corrected chi connectivity index (χ1v) is 8.21. The fourth-order valence-corrected chi connectivity index (χ4v) is 2.76. The van der Waals surface area contributed by atoms with Gasteiger partial charge in [-0.1, -0.05) is 0 Å². The number of nitrogens with one attached hydrogen (secondary N) is 1. The molecule has 0 bridgehead atoms. The largest absolute Gasteiger partial charge is 0.493 e. The highest BCUT2D eigenvalue weighted by Crippen LogP contribution is 2.35. The van der Waals surface area contributed by atoms with Gasteiger partial charge in [-0.2, -0.15) is 4.98 Å². The highest BCUT2D eigenvalue weighted by molar-refractivity contribution is 7.09. The Hall–Kier alpha value is -2.74. The van der Waals surface area contributed by atoms with Crippen LogP contribution in [0.4, 0.5) is 16.2 Å². The molecule has 0 unspecified atom stereocenters. The highest BCUT2D eigenvalue weighted by Gasteiger charge is 2.14. The standard InChI is InChI=1S/C16H16FN5OS/c1-2-23-14-5-10(17)3-4-12(14)13-8-21-16(18)22-15(13)20-7-11-6-19-9-24-11/h3-6,8-9H,2,7H2,1H3,(H3,18,20,21,22). The number of aromatic nitrogens is 3. The molecule has 8 heteroatoms. The van der Waals surface area contributed by atoms with E-state index in [1.54, 1.807) is 24.0 Å². The molecule has 3 N–H and O–H groups in total. The van der Waals surface area contributed by atoms with E-state index >= 15 is 0 Å². The number of ether oxygens (including phenoxy) is 1. The number of nitrogens with zero attached hydrogens (tertiary/aromatic N) is 3. The van der Waals surface area contributed by atoms with E-state index in [0.717, 1.165) is 4.88 Å². The fourth-order valence-electron chi connectivity index (χ4n) is 2.22. The van der Waals surface area contributed by atoms with Gasteiger partial charge in [-0.3, -0.25) is 4.98 Å². The predicted octanol–water partition coefficient (Wildman–Crippen LogP) is 3.33. The SMILES string of the molecule is CCOc1cc(F)ccc1-c1cnc(N)nc1NCc1cncs1. The number of anilines is 2. The summed E-state index contributed by atoms with van der Waals surface area (Å²) in [7, 11) is 0. The van der Waals surface area contributed by atoms with Gasteiger partial charge in [0.15, 0.2) is 0 Å². The Morgan fingerprint density at radius 1 is 1.29 bits per heavy atom. The second kappa shape index (κ2) is 7.22. The molecule has 0 spiro atoms. The molecule has 0 aliphatic carbocycles. The van der Waals surface area contributed by atoms with Crippen LogP contribution in [0.2, 0.25) is 0 Å². The van der Waals surface area contributed by atoms with Gasteiger partial charge < -0.3 is 15.8 Å². The third-order valence-electron chi connectivity index (χ3n) is 3.25. The molecule has 2 aromatic heterocycles. The van der Waals surface area contributed by atoms with E-state index < -0.39 is 0 Å². The van der Waals surface area contributed by atoms with Crippen molar-refractivity contribution in [2.24, 2.45) is 0 Å². The molecule has 0 aliphatic rings. The molecule has 0 aliphatic heterocycles. The fraction of sp³-hybridized carbons (Fsp3) is 0.188. The molecule has 24 heavy (non-hydrogen) atoms. The van der Waals surface area contributed by atoms with Crippen molar-refractivity contribution in [1.82, 2.24) is 15.0 Å². The molecular formula is C16H16FN5OS. The molecule has 2 heterocycles. The number of rotatable bonds is 6. The molecule has 6 nitrogen and oxygen atoms in total. The number of halogens is 1. The quantitative estimate of drug-likeness (QED) is 0.713. The van der Waals surface area contributed by atoms with E-state index in [-0.39, 0.29) is 11.8 Å². The minimum absolute atomic E-state index is 0.158. The van der Waals surface area contributed by atoms with Crippen LogP contribution in [-0.4, -0.2) is 21.6 Å². The number of nitrogen functional groups attached to an aromatic ring is 1. The predicted molar refractivity (Wildman–Crippen MR) is 92.4 cm³/mol. The lowest BCUT2D eigenvalue weighted by Gasteiger charge is -2.14. The number of thiazole rings is 1. The zero-order valence-corrected chi connectivity index (χ0v) is 13.8. The Kier molecular flexibility index (Phi) is 4.85. The first kappa shape index (κ1) is 16.1. The summed E-state index contributed by atoms with van der Waals surface area (Å²) < 4.78 is 19.1. The van der Waals surface area contributed by atoms with E-state index in [1.807, 2.05) is 6.92 Å². The normalized spacial score (nSPS) is 10.6. The van der Waals surface area contributed by atoms with E-state index in [9.17, 15) is 4.39 Å². The minimum atomic E-state index is -0.363. The monoisotopic (exact) mass is 345 g/mol. The lowest BCUT2D eigenvalue weighted by atomic mass is 10.1. The van der Waals surface area contributed by atoms with Crippen molar-refractivity contribution in [3.05, 3.63) is 46.8 Å². The molecule has 0 saturated heterocycles. The summed E-state index contributed by atoms with van der Waals surface area (Å²) in [5.41, 5.74) is 8.87. The van der Waals surface area contributed by atoms with Gasteiger partial charge in [-0.05, 0) is 19.1 Å². The first-order chi connectivity index (χ1) is 11.7. The van der Waals surface area contributed by atoms with E-state index in [1.165, 1.54) is 23.5 Å². The van der Waals surface area contributed by atoms with Gasteiger partial charge in [-0.25, -0.2) is 9.37 Å². The van der Waals surface area contributed by atoms with Gasteiger partial charge in [0.1, 0.15) is 17.4 Å². The van der Waals surface area contributed by atoms with Gasteiger partial charge in [0.05, 0.1) is 18.7 Å². The summed E-state index contributed by atoms with van der Waals surface area (Å²) in [6, 6.07) is 4.37. The summed E-state index contributed by atoms with van der Waals surface area (Å²) in [6.07, 6.45) is 3.39. The first-order valence-electron chi connectivity index (χ1n) is 7.34. The van der Waals surface area contributed by atoms with E-state index in [2.05, 4.69) is 20.3 Å². The van der Waals surface area contributed by atoms with Crippen molar-refractivity contribution in [2.75, 3.05) is 17.7 Å². The zero-order valence-electron chi connectivity index (χ0n) is 13.0. The van der Waals surface area contributed by atoms with Crippen LogP contribution in [0.5, 0.6) is 5.75 Å². The molecule has 0 amide bonds. The maximum atomic E-state index is 13.5. The average Bonchev–Trinajstić information content (AvgIpc) is 3.08. The van der Waals surface area contributed by atoms with Crippen LogP contribution in [0.15, 0.2) is 36.1 Å². The van der Waals surface area contributed by atoms with Gasteiger partial charge in [0.25, 0.3) is 0 Å². The van der Waals surface area contributed by atoms with E-state index in [0.29, 0.717) is 35.8 Å². The molecule has 3 rings (SSSR count). The Morgan fingerprint density at radius 2 is 2.17 bits per heavy atom. The lowest BCUT2D eigenvalue weighted by Crippen LogP contribution is -2.06. The molecule has 0 atom stereocenters. The Morgan fingerprint density at radius 3 is 2.92 bits per heavy atom. The summed E-state index contributed by atoms with van der Waals surface area (Å²) in [4.78, 5) is 13.4. The topological polar surface area (TPSA) is 86.0 Å². The van der Waals surface area contributed by atoms with Crippen LogP contribution < -0.4 is 15.8 Å². The average molecular weight is 345 g/mol. The van der Waals surface area contributed by atoms with Crippen molar-refractivity contribution in [2.45, 2.75) is 13.5 Å². The maximum absolute atomic E-state index is 13.5. The van der Waals surface area contributed by atoms with Crippen molar-refractivity contribution in [3.8, 4) is 16.9 Å². The van der Waals surface area contributed by atoms with Crippen LogP contribution >= 0.6 is 11.3 Å². The van der Waals surface area contributed by atoms with Crippen molar-refractivity contribution >= 4 is 23.1 Å². The van der Waals surface area contributed by atoms with Crippen LogP contribution in [0.25, 0.3) is 11.1 Å². The second-order valence-corrected chi connectivity index (χ2v) is 5.86. The van der Waals surface area contributed by atoms with Crippen molar-refractivity contribution < 1.29 is 9.13 Å². The molecule has 3 aromatic rings. The van der Waals surface area contributed by atoms with Crippen LogP contribution in [0.3, 0.4) is 0 Å². The molecule has 0 saturated carbocycles. The number of hydrogen-bond donors (Lipinski definition) is 2. The highest BCUT2D eigenvalue weighted by atomic mass is 32.1.